The van der Waals surface area contributed by atoms with Crippen LogP contribution in [0.15, 0.2) is 219 Å². The number of benzene rings is 7. The lowest BCUT2D eigenvalue weighted by Crippen LogP contribution is -2.77. The molecule has 0 spiro atoms. The van der Waals surface area contributed by atoms with Gasteiger partial charge in [0.1, 0.15) is 17.3 Å². The largest absolute Gasteiger partial charge is 0.457 e. The molecular weight excluding hydrogens is 723 g/mol. The smallest absolute Gasteiger partial charge is 0.180 e. The van der Waals surface area contributed by atoms with E-state index in [2.05, 4.69) is 179 Å². The summed E-state index contributed by atoms with van der Waals surface area (Å²) in [4.78, 5) is 9.62. The van der Waals surface area contributed by atoms with Crippen LogP contribution in [0.3, 0.4) is 0 Å². The minimum absolute atomic E-state index is 0.0269. The van der Waals surface area contributed by atoms with Gasteiger partial charge in [-0.25, -0.2) is 4.98 Å². The second-order valence-electron chi connectivity index (χ2n) is 14.9. The third-order valence-corrected chi connectivity index (χ3v) is 16.7. The Bertz CT molecular complexity index is 3040. The SMILES string of the molecule is c1ccc(C2c3ccccc3[Si](c3ccccc3)(c3ccccc3)c3ccc4c5ccc(Oc6cccc(-c7ccccn7)c6)cc5n(-c5ccccn5)c4c32)cc1. The van der Waals surface area contributed by atoms with Crippen molar-refractivity contribution in [3.8, 4) is 28.6 Å². The highest BCUT2D eigenvalue weighted by Gasteiger charge is 2.50. The fourth-order valence-corrected chi connectivity index (χ4v) is 14.7. The number of aromatic nitrogens is 3. The Labute approximate surface area is 338 Å². The molecule has 0 saturated heterocycles. The standard InChI is InChI=1S/C53H37N3OSi/c1-4-17-37(18-5-1)51-45-25-10-11-27-48(45)58(41-21-6-2-7-22-41,42-23-8-3-9-24-42)49-32-31-44-43-30-29-40(57-39-20-16-19-38(35-39)46-26-12-14-33-54-46)36-47(43)56(53(44)52(49)51)50-28-13-15-34-55-50/h1-36,51H. The van der Waals surface area contributed by atoms with Gasteiger partial charge >= 0.3 is 0 Å². The molecule has 11 rings (SSSR count). The monoisotopic (exact) mass is 759 g/mol. The maximum Gasteiger partial charge on any atom is 0.180 e. The van der Waals surface area contributed by atoms with E-state index in [1.54, 1.807) is 0 Å². The Morgan fingerprint density at radius 2 is 1.14 bits per heavy atom. The average molecular weight is 760 g/mol. The third kappa shape index (κ3) is 5.35. The summed E-state index contributed by atoms with van der Waals surface area (Å²) in [6, 6.07) is 74.4. The predicted molar refractivity (Wildman–Crippen MR) is 239 cm³/mol. The zero-order valence-electron chi connectivity index (χ0n) is 31.6. The van der Waals surface area contributed by atoms with Crippen molar-refractivity contribution in [2.45, 2.75) is 5.92 Å². The maximum atomic E-state index is 6.68. The van der Waals surface area contributed by atoms with E-state index in [9.17, 15) is 0 Å². The third-order valence-electron chi connectivity index (χ3n) is 11.8. The van der Waals surface area contributed by atoms with Gasteiger partial charge < -0.3 is 4.74 Å². The molecule has 7 aromatic carbocycles. The molecule has 3 aromatic heterocycles. The zero-order chi connectivity index (χ0) is 38.5. The summed E-state index contributed by atoms with van der Waals surface area (Å²) in [6.07, 6.45) is 3.71. The molecule has 10 aromatic rings. The van der Waals surface area contributed by atoms with Crippen molar-refractivity contribution in [3.63, 3.8) is 0 Å². The number of fused-ring (bicyclic) bond motifs is 6. The molecule has 0 N–H and O–H groups in total. The van der Waals surface area contributed by atoms with Gasteiger partial charge in [0.15, 0.2) is 8.07 Å². The quantitative estimate of drug-likeness (QED) is 0.152. The van der Waals surface area contributed by atoms with Crippen molar-refractivity contribution in [3.05, 3.63) is 235 Å². The summed E-state index contributed by atoms with van der Waals surface area (Å²) in [5, 5.41) is 7.89. The number of nitrogens with zero attached hydrogens (tertiary/aromatic N) is 3. The first-order valence-electron chi connectivity index (χ1n) is 19.8. The zero-order valence-corrected chi connectivity index (χ0v) is 32.6. The Morgan fingerprint density at radius 1 is 0.483 bits per heavy atom. The molecular formula is C53H37N3OSi. The van der Waals surface area contributed by atoms with E-state index in [1.807, 2.05) is 48.8 Å². The highest BCUT2D eigenvalue weighted by atomic mass is 28.3. The van der Waals surface area contributed by atoms with E-state index in [4.69, 9.17) is 9.72 Å². The molecule has 1 atom stereocenters. The van der Waals surface area contributed by atoms with E-state index in [1.165, 1.54) is 48.3 Å². The fourth-order valence-electron chi connectivity index (χ4n) is 9.45. The van der Waals surface area contributed by atoms with Gasteiger partial charge in [-0.15, -0.1) is 0 Å². The molecule has 4 nitrogen and oxygen atoms in total. The molecule has 4 heterocycles. The molecule has 0 radical (unpaired) electrons. The summed E-state index contributed by atoms with van der Waals surface area (Å²) in [5.41, 5.74) is 8.07. The summed E-state index contributed by atoms with van der Waals surface area (Å²) in [6.45, 7) is 0. The lowest BCUT2D eigenvalue weighted by molar-refractivity contribution is 0.483. The van der Waals surface area contributed by atoms with E-state index < -0.39 is 8.07 Å². The number of pyridine rings is 2. The normalized spacial score (nSPS) is 14.2. The van der Waals surface area contributed by atoms with Crippen LogP contribution in [0.4, 0.5) is 0 Å². The van der Waals surface area contributed by atoms with Gasteiger partial charge in [-0.1, -0.05) is 152 Å². The van der Waals surface area contributed by atoms with Crippen LogP contribution in [0.1, 0.15) is 22.6 Å². The predicted octanol–water partition coefficient (Wildman–Crippen LogP) is 9.90. The van der Waals surface area contributed by atoms with Crippen LogP contribution in [-0.2, 0) is 0 Å². The number of rotatable bonds is 7. The van der Waals surface area contributed by atoms with Crippen LogP contribution >= 0.6 is 0 Å². The van der Waals surface area contributed by atoms with Crippen LogP contribution in [0.5, 0.6) is 11.5 Å². The Kier molecular flexibility index (Phi) is 8.19. The first kappa shape index (κ1) is 33.9. The summed E-state index contributed by atoms with van der Waals surface area (Å²) in [7, 11) is -2.90. The van der Waals surface area contributed by atoms with E-state index in [0.717, 1.165) is 39.5 Å². The fraction of sp³-hybridized carbons (Fsp3) is 0.0189. The van der Waals surface area contributed by atoms with E-state index in [-0.39, 0.29) is 5.92 Å². The molecule has 1 unspecified atom stereocenters. The van der Waals surface area contributed by atoms with Gasteiger partial charge in [-0.3, -0.25) is 9.55 Å². The van der Waals surface area contributed by atoms with Crippen molar-refractivity contribution in [1.29, 1.82) is 0 Å². The van der Waals surface area contributed by atoms with Gasteiger partial charge in [0, 0.05) is 40.7 Å². The van der Waals surface area contributed by atoms with Crippen LogP contribution in [0, 0.1) is 0 Å². The van der Waals surface area contributed by atoms with Crippen molar-refractivity contribution >= 4 is 50.6 Å². The van der Waals surface area contributed by atoms with Crippen molar-refractivity contribution in [2.75, 3.05) is 0 Å². The molecule has 1 aliphatic heterocycles. The number of ether oxygens (including phenoxy) is 1. The topological polar surface area (TPSA) is 39.9 Å². The number of hydrogen-bond donors (Lipinski definition) is 0. The lowest BCUT2D eigenvalue weighted by Gasteiger charge is -2.44. The summed E-state index contributed by atoms with van der Waals surface area (Å²) in [5.74, 6) is 2.34. The summed E-state index contributed by atoms with van der Waals surface area (Å²) < 4.78 is 9.07. The minimum Gasteiger partial charge on any atom is -0.457 e. The molecule has 0 aliphatic carbocycles. The molecule has 274 valence electrons. The second-order valence-corrected chi connectivity index (χ2v) is 18.6. The highest BCUT2D eigenvalue weighted by molar-refractivity contribution is 7.20. The van der Waals surface area contributed by atoms with Gasteiger partial charge in [0.05, 0.1) is 16.7 Å². The Morgan fingerprint density at radius 3 is 1.86 bits per heavy atom. The average Bonchev–Trinajstić information content (AvgIpc) is 3.63. The lowest BCUT2D eigenvalue weighted by atomic mass is 9.83. The van der Waals surface area contributed by atoms with Gasteiger partial charge in [0.25, 0.3) is 0 Å². The van der Waals surface area contributed by atoms with Crippen LogP contribution in [0.25, 0.3) is 38.9 Å². The first-order valence-corrected chi connectivity index (χ1v) is 21.8. The Balaban J connectivity index is 1.24. The first-order chi connectivity index (χ1) is 28.8. The minimum atomic E-state index is -2.90. The molecule has 0 amide bonds. The molecule has 5 heteroatoms. The van der Waals surface area contributed by atoms with Crippen molar-refractivity contribution < 1.29 is 4.74 Å². The second kappa shape index (κ2) is 14.0. The van der Waals surface area contributed by atoms with E-state index in [0.29, 0.717) is 0 Å². The van der Waals surface area contributed by atoms with Crippen LogP contribution in [0.2, 0.25) is 0 Å². The van der Waals surface area contributed by atoms with Crippen molar-refractivity contribution in [1.82, 2.24) is 14.5 Å². The molecule has 0 saturated carbocycles. The highest BCUT2D eigenvalue weighted by Crippen LogP contribution is 2.44. The van der Waals surface area contributed by atoms with Gasteiger partial charge in [-0.2, -0.15) is 0 Å². The van der Waals surface area contributed by atoms with Gasteiger partial charge in [-0.05, 0) is 86.0 Å². The molecule has 58 heavy (non-hydrogen) atoms. The van der Waals surface area contributed by atoms with Crippen molar-refractivity contribution in [2.24, 2.45) is 0 Å². The molecule has 1 aliphatic rings. The maximum absolute atomic E-state index is 6.68. The van der Waals surface area contributed by atoms with Gasteiger partial charge in [0.2, 0.25) is 0 Å². The van der Waals surface area contributed by atoms with Crippen LogP contribution in [-0.4, -0.2) is 22.6 Å². The summed E-state index contributed by atoms with van der Waals surface area (Å²) >= 11 is 0. The Hall–Kier alpha value is -7.34. The van der Waals surface area contributed by atoms with Crippen LogP contribution < -0.4 is 25.5 Å². The molecule has 0 fully saturated rings. The van der Waals surface area contributed by atoms with E-state index >= 15 is 0 Å². The molecule has 0 bridgehead atoms. The number of hydrogen-bond acceptors (Lipinski definition) is 3.